The van der Waals surface area contributed by atoms with Gasteiger partial charge in [0.1, 0.15) is 23.9 Å². The third-order valence-corrected chi connectivity index (χ3v) is 4.09. The zero-order valence-electron chi connectivity index (χ0n) is 15.0. The lowest BCUT2D eigenvalue weighted by Gasteiger charge is -2.11. The Labute approximate surface area is 162 Å². The minimum absolute atomic E-state index is 0.0302. The summed E-state index contributed by atoms with van der Waals surface area (Å²) in [6.45, 7) is 3.68. The molecule has 3 aromatic rings. The van der Waals surface area contributed by atoms with Crippen LogP contribution in [-0.4, -0.2) is 17.1 Å². The molecule has 27 heavy (non-hydrogen) atoms. The number of aliphatic hydroxyl groups is 1. The molecule has 0 fully saturated rings. The van der Waals surface area contributed by atoms with E-state index in [1.54, 1.807) is 48.5 Å². The molecule has 140 valence electrons. The molecule has 2 aromatic carbocycles. The molecular formula is C21H20ClNO4. The molecule has 0 saturated carbocycles. The number of furan rings is 1. The smallest absolute Gasteiger partial charge is 0.255 e. The van der Waals surface area contributed by atoms with Gasteiger partial charge in [-0.1, -0.05) is 17.7 Å². The first-order valence-corrected chi connectivity index (χ1v) is 8.91. The summed E-state index contributed by atoms with van der Waals surface area (Å²) < 4.78 is 11.1. The van der Waals surface area contributed by atoms with E-state index in [4.69, 9.17) is 25.9 Å². The van der Waals surface area contributed by atoms with Gasteiger partial charge in [0.25, 0.3) is 5.91 Å². The third-order valence-electron chi connectivity index (χ3n) is 3.78. The van der Waals surface area contributed by atoms with Crippen LogP contribution in [0.4, 0.5) is 5.69 Å². The topological polar surface area (TPSA) is 71.7 Å². The van der Waals surface area contributed by atoms with Crippen molar-refractivity contribution < 1.29 is 19.1 Å². The standard InChI is InChI=1S/C21H20ClNO4/c1-13(2)26-16-5-3-4-14(10-16)21(25)23-15-6-8-18(19(22)11-15)20-9-7-17(12-24)27-20/h3-11,13,24H,12H2,1-2H3,(H,23,25). The van der Waals surface area contributed by atoms with Crippen molar-refractivity contribution in [2.45, 2.75) is 26.6 Å². The maximum absolute atomic E-state index is 12.5. The molecule has 0 atom stereocenters. The number of anilines is 1. The van der Waals surface area contributed by atoms with E-state index in [1.807, 2.05) is 19.9 Å². The zero-order chi connectivity index (χ0) is 19.4. The highest BCUT2D eigenvalue weighted by atomic mass is 35.5. The SMILES string of the molecule is CC(C)Oc1cccc(C(=O)Nc2ccc(-c3ccc(CO)o3)c(Cl)c2)c1. The van der Waals surface area contributed by atoms with E-state index in [9.17, 15) is 4.79 Å². The van der Waals surface area contributed by atoms with Crippen LogP contribution in [-0.2, 0) is 6.61 Å². The van der Waals surface area contributed by atoms with Gasteiger partial charge in [-0.2, -0.15) is 0 Å². The number of rotatable bonds is 6. The quantitative estimate of drug-likeness (QED) is 0.616. The fourth-order valence-corrected chi connectivity index (χ4v) is 2.86. The van der Waals surface area contributed by atoms with Crippen molar-refractivity contribution in [1.82, 2.24) is 0 Å². The number of hydrogen-bond acceptors (Lipinski definition) is 4. The van der Waals surface area contributed by atoms with Gasteiger partial charge in [0, 0.05) is 16.8 Å². The van der Waals surface area contributed by atoms with E-state index in [1.165, 1.54) is 0 Å². The minimum atomic E-state index is -0.256. The van der Waals surface area contributed by atoms with Crippen molar-refractivity contribution in [1.29, 1.82) is 0 Å². The first-order valence-electron chi connectivity index (χ1n) is 8.54. The molecule has 1 heterocycles. The Hall–Kier alpha value is -2.76. The van der Waals surface area contributed by atoms with E-state index in [0.29, 0.717) is 39.1 Å². The van der Waals surface area contributed by atoms with Gasteiger partial charge in [0.05, 0.1) is 11.1 Å². The van der Waals surface area contributed by atoms with Crippen LogP contribution in [0.25, 0.3) is 11.3 Å². The highest BCUT2D eigenvalue weighted by molar-refractivity contribution is 6.33. The summed E-state index contributed by atoms with van der Waals surface area (Å²) in [5.41, 5.74) is 1.74. The van der Waals surface area contributed by atoms with Gasteiger partial charge in [-0.15, -0.1) is 0 Å². The van der Waals surface area contributed by atoms with E-state index in [2.05, 4.69) is 5.32 Å². The molecule has 5 nitrogen and oxygen atoms in total. The number of halogens is 1. The van der Waals surface area contributed by atoms with Crippen molar-refractivity contribution in [3.8, 4) is 17.1 Å². The number of nitrogens with one attached hydrogen (secondary N) is 1. The molecule has 3 rings (SSSR count). The molecule has 0 aliphatic carbocycles. The van der Waals surface area contributed by atoms with Gasteiger partial charge >= 0.3 is 0 Å². The van der Waals surface area contributed by atoms with Crippen LogP contribution in [0.2, 0.25) is 5.02 Å². The number of ether oxygens (including phenoxy) is 1. The molecule has 6 heteroatoms. The van der Waals surface area contributed by atoms with E-state index in [0.717, 1.165) is 0 Å². The molecule has 0 radical (unpaired) electrons. The molecule has 1 amide bonds. The molecule has 1 aromatic heterocycles. The van der Waals surface area contributed by atoms with Crippen LogP contribution in [0.15, 0.2) is 59.0 Å². The molecule has 0 spiro atoms. The Morgan fingerprint density at radius 1 is 1.19 bits per heavy atom. The largest absolute Gasteiger partial charge is 0.491 e. The Morgan fingerprint density at radius 2 is 2.00 bits per heavy atom. The number of aliphatic hydroxyl groups excluding tert-OH is 1. The lowest BCUT2D eigenvalue weighted by atomic mass is 10.1. The van der Waals surface area contributed by atoms with Crippen molar-refractivity contribution >= 4 is 23.2 Å². The van der Waals surface area contributed by atoms with Gasteiger partial charge < -0.3 is 19.6 Å². The third kappa shape index (κ3) is 4.70. The van der Waals surface area contributed by atoms with E-state index >= 15 is 0 Å². The van der Waals surface area contributed by atoms with Crippen molar-refractivity contribution in [2.75, 3.05) is 5.32 Å². The summed E-state index contributed by atoms with van der Waals surface area (Å²) in [5.74, 6) is 1.40. The van der Waals surface area contributed by atoms with E-state index in [-0.39, 0.29) is 18.6 Å². The normalized spacial score (nSPS) is 10.9. The number of benzene rings is 2. The second-order valence-electron chi connectivity index (χ2n) is 6.27. The molecular weight excluding hydrogens is 366 g/mol. The fraction of sp³-hybridized carbons (Fsp3) is 0.190. The van der Waals surface area contributed by atoms with Crippen molar-refractivity contribution in [3.63, 3.8) is 0 Å². The fourth-order valence-electron chi connectivity index (χ4n) is 2.59. The summed E-state index contributed by atoms with van der Waals surface area (Å²) in [6.07, 6.45) is 0.0302. The van der Waals surface area contributed by atoms with Gasteiger partial charge in [-0.3, -0.25) is 4.79 Å². The Morgan fingerprint density at radius 3 is 2.67 bits per heavy atom. The molecule has 0 bridgehead atoms. The maximum atomic E-state index is 12.5. The summed E-state index contributed by atoms with van der Waals surface area (Å²) in [7, 11) is 0. The van der Waals surface area contributed by atoms with E-state index < -0.39 is 0 Å². The first kappa shape index (κ1) is 19.0. The second kappa shape index (κ2) is 8.29. The highest BCUT2D eigenvalue weighted by Crippen LogP contribution is 2.32. The lowest BCUT2D eigenvalue weighted by molar-refractivity contribution is 0.102. The maximum Gasteiger partial charge on any atom is 0.255 e. The Bertz CT molecular complexity index is 949. The van der Waals surface area contributed by atoms with Crippen LogP contribution in [0.1, 0.15) is 30.0 Å². The zero-order valence-corrected chi connectivity index (χ0v) is 15.8. The van der Waals surface area contributed by atoms with Crippen LogP contribution < -0.4 is 10.1 Å². The minimum Gasteiger partial charge on any atom is -0.491 e. The summed E-state index contributed by atoms with van der Waals surface area (Å²) in [6, 6.07) is 15.6. The average Bonchev–Trinajstić information content (AvgIpc) is 3.10. The second-order valence-corrected chi connectivity index (χ2v) is 6.67. The predicted molar refractivity (Wildman–Crippen MR) is 105 cm³/mol. The van der Waals surface area contributed by atoms with Crippen LogP contribution in [0, 0.1) is 0 Å². The van der Waals surface area contributed by atoms with Crippen molar-refractivity contribution in [2.24, 2.45) is 0 Å². The predicted octanol–water partition coefficient (Wildman–Crippen LogP) is 5.13. The lowest BCUT2D eigenvalue weighted by Crippen LogP contribution is -2.12. The summed E-state index contributed by atoms with van der Waals surface area (Å²) >= 11 is 6.33. The van der Waals surface area contributed by atoms with Crippen LogP contribution in [0.3, 0.4) is 0 Å². The molecule has 0 saturated heterocycles. The van der Waals surface area contributed by atoms with Crippen LogP contribution >= 0.6 is 11.6 Å². The van der Waals surface area contributed by atoms with Crippen LogP contribution in [0.5, 0.6) is 5.75 Å². The first-order chi connectivity index (χ1) is 13.0. The molecule has 0 unspecified atom stereocenters. The molecule has 2 N–H and O–H groups in total. The Kier molecular flexibility index (Phi) is 5.84. The van der Waals surface area contributed by atoms with Crippen molar-refractivity contribution in [3.05, 3.63) is 70.9 Å². The average molecular weight is 386 g/mol. The highest BCUT2D eigenvalue weighted by Gasteiger charge is 2.12. The molecule has 0 aliphatic heterocycles. The van der Waals surface area contributed by atoms with Gasteiger partial charge in [-0.25, -0.2) is 0 Å². The number of carbonyl (C=O) groups is 1. The number of hydrogen-bond donors (Lipinski definition) is 2. The molecule has 0 aliphatic rings. The number of carbonyl (C=O) groups excluding carboxylic acids is 1. The van der Waals surface area contributed by atoms with Gasteiger partial charge in [0.2, 0.25) is 0 Å². The summed E-state index contributed by atoms with van der Waals surface area (Å²) in [5, 5.41) is 12.4. The summed E-state index contributed by atoms with van der Waals surface area (Å²) in [4.78, 5) is 12.5. The Balaban J connectivity index is 1.76. The van der Waals surface area contributed by atoms with Gasteiger partial charge in [-0.05, 0) is 62.4 Å². The monoisotopic (exact) mass is 385 g/mol. The number of amides is 1. The van der Waals surface area contributed by atoms with Gasteiger partial charge in [0.15, 0.2) is 0 Å².